The van der Waals surface area contributed by atoms with E-state index in [4.69, 9.17) is 11.1 Å². The molecule has 1 rings (SSSR count). The zero-order chi connectivity index (χ0) is 13.0. The Labute approximate surface area is 116 Å². The minimum atomic E-state index is -0.382. The highest BCUT2D eigenvalue weighted by Gasteiger charge is 2.06. The maximum atomic E-state index is 11.5. The van der Waals surface area contributed by atoms with Gasteiger partial charge in [0.25, 0.3) is 5.91 Å². The highest BCUT2D eigenvalue weighted by atomic mass is 79.9. The van der Waals surface area contributed by atoms with Crippen molar-refractivity contribution in [1.29, 1.82) is 5.41 Å². The summed E-state index contributed by atoms with van der Waals surface area (Å²) in [7, 11) is 0. The van der Waals surface area contributed by atoms with E-state index in [0.29, 0.717) is 5.57 Å². The molecule has 0 aliphatic heterocycles. The van der Waals surface area contributed by atoms with Crippen molar-refractivity contribution in [2.24, 2.45) is 5.73 Å². The lowest BCUT2D eigenvalue weighted by atomic mass is 10.1. The number of guanidine groups is 1. The molecule has 0 saturated heterocycles. The van der Waals surface area contributed by atoms with Gasteiger partial charge in [-0.15, -0.1) is 0 Å². The molecule has 0 bridgehead atoms. The van der Waals surface area contributed by atoms with E-state index in [1.807, 2.05) is 18.2 Å². The predicted molar refractivity (Wildman–Crippen MR) is 75.5 cm³/mol. The third-order valence-corrected chi connectivity index (χ3v) is 3.12. The Morgan fingerprint density at radius 2 is 2.12 bits per heavy atom. The molecule has 1 aromatic carbocycles. The fourth-order valence-electron chi connectivity index (χ4n) is 1.14. The molecule has 0 unspecified atom stereocenters. The van der Waals surface area contributed by atoms with Crippen LogP contribution >= 0.6 is 31.9 Å². The van der Waals surface area contributed by atoms with Crippen molar-refractivity contribution in [3.8, 4) is 0 Å². The average molecular weight is 361 g/mol. The second-order valence-corrected chi connectivity index (χ2v) is 5.13. The van der Waals surface area contributed by atoms with Crippen LogP contribution in [0.4, 0.5) is 0 Å². The lowest BCUT2D eigenvalue weighted by Gasteiger charge is -2.04. The van der Waals surface area contributed by atoms with Gasteiger partial charge in [0.1, 0.15) is 0 Å². The molecule has 0 heterocycles. The monoisotopic (exact) mass is 359 g/mol. The molecule has 6 heteroatoms. The molecule has 17 heavy (non-hydrogen) atoms. The van der Waals surface area contributed by atoms with Crippen molar-refractivity contribution in [3.05, 3.63) is 38.3 Å². The van der Waals surface area contributed by atoms with Crippen molar-refractivity contribution in [3.63, 3.8) is 0 Å². The van der Waals surface area contributed by atoms with Crippen molar-refractivity contribution >= 4 is 49.8 Å². The van der Waals surface area contributed by atoms with Crippen LogP contribution in [-0.2, 0) is 4.79 Å². The summed E-state index contributed by atoms with van der Waals surface area (Å²) in [5.41, 5.74) is 6.44. The number of hydrogen-bond donors (Lipinski definition) is 3. The van der Waals surface area contributed by atoms with Crippen LogP contribution in [0, 0.1) is 5.41 Å². The van der Waals surface area contributed by atoms with Gasteiger partial charge in [-0.3, -0.25) is 15.5 Å². The van der Waals surface area contributed by atoms with Crippen LogP contribution < -0.4 is 11.1 Å². The van der Waals surface area contributed by atoms with E-state index in [0.717, 1.165) is 14.5 Å². The maximum Gasteiger partial charge on any atom is 0.253 e. The minimum absolute atomic E-state index is 0.363. The van der Waals surface area contributed by atoms with Crippen LogP contribution in [0.5, 0.6) is 0 Å². The molecule has 0 fully saturated rings. The van der Waals surface area contributed by atoms with Gasteiger partial charge in [-0.2, -0.15) is 0 Å². The summed E-state index contributed by atoms with van der Waals surface area (Å²) in [6.07, 6.45) is 1.72. The Hall–Kier alpha value is -1.14. The first-order valence-electron chi connectivity index (χ1n) is 4.69. The zero-order valence-corrected chi connectivity index (χ0v) is 12.2. The summed E-state index contributed by atoms with van der Waals surface area (Å²) in [6, 6.07) is 5.65. The molecule has 4 nitrogen and oxygen atoms in total. The van der Waals surface area contributed by atoms with E-state index in [1.165, 1.54) is 0 Å². The number of rotatable bonds is 2. The Morgan fingerprint density at radius 1 is 1.47 bits per heavy atom. The number of carbonyl (C=O) groups excluding carboxylic acids is 1. The van der Waals surface area contributed by atoms with E-state index in [9.17, 15) is 4.79 Å². The topological polar surface area (TPSA) is 79.0 Å². The van der Waals surface area contributed by atoms with Crippen LogP contribution in [0.15, 0.2) is 32.7 Å². The maximum absolute atomic E-state index is 11.5. The third kappa shape index (κ3) is 4.32. The molecule has 0 aliphatic carbocycles. The largest absolute Gasteiger partial charge is 0.370 e. The minimum Gasteiger partial charge on any atom is -0.370 e. The lowest BCUT2D eigenvalue weighted by Crippen LogP contribution is -2.36. The number of amides is 1. The van der Waals surface area contributed by atoms with Crippen molar-refractivity contribution in [2.45, 2.75) is 6.92 Å². The van der Waals surface area contributed by atoms with Crippen molar-refractivity contribution < 1.29 is 4.79 Å². The van der Waals surface area contributed by atoms with Crippen LogP contribution in [0.1, 0.15) is 12.5 Å². The predicted octanol–water partition coefficient (Wildman–Crippen LogP) is 2.62. The summed E-state index contributed by atoms with van der Waals surface area (Å²) >= 11 is 6.75. The highest BCUT2D eigenvalue weighted by Crippen LogP contribution is 2.23. The zero-order valence-electron chi connectivity index (χ0n) is 9.05. The van der Waals surface area contributed by atoms with Gasteiger partial charge in [0.15, 0.2) is 5.96 Å². The van der Waals surface area contributed by atoms with Gasteiger partial charge in [0.05, 0.1) is 0 Å². The highest BCUT2D eigenvalue weighted by molar-refractivity contribution is 9.11. The number of benzene rings is 1. The van der Waals surface area contributed by atoms with Gasteiger partial charge in [-0.05, 0) is 30.7 Å². The summed E-state index contributed by atoms with van der Waals surface area (Å²) in [6.45, 7) is 1.66. The molecular weight excluding hydrogens is 350 g/mol. The normalized spacial score (nSPS) is 11.1. The van der Waals surface area contributed by atoms with Gasteiger partial charge in [-0.1, -0.05) is 37.9 Å². The Kier molecular flexibility index (Phi) is 4.89. The molecule has 0 spiro atoms. The van der Waals surface area contributed by atoms with Gasteiger partial charge in [-0.25, -0.2) is 0 Å². The van der Waals surface area contributed by atoms with Crippen molar-refractivity contribution in [2.75, 3.05) is 0 Å². The molecule has 0 saturated carbocycles. The summed E-state index contributed by atoms with van der Waals surface area (Å²) in [5, 5.41) is 9.19. The number of nitrogens with two attached hydrogens (primary N) is 1. The molecule has 0 radical (unpaired) electrons. The molecule has 1 aromatic rings. The van der Waals surface area contributed by atoms with Crippen molar-refractivity contribution in [1.82, 2.24) is 5.32 Å². The molecule has 0 aliphatic rings. The van der Waals surface area contributed by atoms with Crippen LogP contribution in [-0.4, -0.2) is 11.9 Å². The second-order valence-electron chi connectivity index (χ2n) is 3.36. The lowest BCUT2D eigenvalue weighted by molar-refractivity contribution is -0.116. The van der Waals surface area contributed by atoms with E-state index in [2.05, 4.69) is 37.2 Å². The van der Waals surface area contributed by atoms with E-state index in [1.54, 1.807) is 13.0 Å². The first kappa shape index (κ1) is 13.9. The molecule has 0 aromatic heterocycles. The first-order chi connectivity index (χ1) is 7.90. The quantitative estimate of drug-likeness (QED) is 0.430. The summed E-state index contributed by atoms with van der Waals surface area (Å²) in [4.78, 5) is 11.5. The first-order valence-corrected chi connectivity index (χ1v) is 6.27. The smallest absolute Gasteiger partial charge is 0.253 e. The van der Waals surface area contributed by atoms with Gasteiger partial charge in [0.2, 0.25) is 0 Å². The van der Waals surface area contributed by atoms with Gasteiger partial charge >= 0.3 is 0 Å². The third-order valence-electron chi connectivity index (χ3n) is 1.94. The van der Waals surface area contributed by atoms with Gasteiger partial charge < -0.3 is 5.73 Å². The molecular formula is C11H11Br2N3O. The summed E-state index contributed by atoms with van der Waals surface area (Å²) < 4.78 is 1.83. The Morgan fingerprint density at radius 3 is 2.65 bits per heavy atom. The number of carbonyl (C=O) groups is 1. The average Bonchev–Trinajstić information content (AvgIpc) is 2.21. The van der Waals surface area contributed by atoms with E-state index >= 15 is 0 Å². The molecule has 1 amide bonds. The standard InChI is InChI=1S/C11H11Br2N3O/c1-6(10(17)16-11(14)15)4-7-2-3-8(12)5-9(7)13/h2-5H,1H3,(H4,14,15,16,17)/b6-4+. The second kappa shape index (κ2) is 5.97. The Balaban J connectivity index is 2.94. The SMILES string of the molecule is C/C(=C\c1ccc(Br)cc1Br)C(=O)NC(=N)N. The number of hydrogen-bond acceptors (Lipinski definition) is 2. The Bertz CT molecular complexity index is 497. The van der Waals surface area contributed by atoms with Gasteiger partial charge in [0, 0.05) is 14.5 Å². The molecule has 4 N–H and O–H groups in total. The molecule has 90 valence electrons. The van der Waals surface area contributed by atoms with E-state index in [-0.39, 0.29) is 11.9 Å². The number of nitrogens with one attached hydrogen (secondary N) is 2. The van der Waals surface area contributed by atoms with Crippen LogP contribution in [0.3, 0.4) is 0 Å². The summed E-state index contributed by atoms with van der Waals surface area (Å²) in [5.74, 6) is -0.745. The fraction of sp³-hybridized carbons (Fsp3) is 0.0909. The number of halogens is 2. The van der Waals surface area contributed by atoms with Crippen LogP contribution in [0.25, 0.3) is 6.08 Å². The van der Waals surface area contributed by atoms with E-state index < -0.39 is 0 Å². The van der Waals surface area contributed by atoms with Crippen LogP contribution in [0.2, 0.25) is 0 Å². The fourth-order valence-corrected chi connectivity index (χ4v) is 2.30. The molecule has 0 atom stereocenters.